The van der Waals surface area contributed by atoms with E-state index < -0.39 is 11.9 Å². The maximum absolute atomic E-state index is 13.7. The minimum atomic E-state index is -0.431. The third kappa shape index (κ3) is 8.53. The Balaban J connectivity index is 1.46. The van der Waals surface area contributed by atoms with Crippen LogP contribution in [0.2, 0.25) is 0 Å². The van der Waals surface area contributed by atoms with E-state index in [1.54, 1.807) is 12.2 Å². The normalized spacial score (nSPS) is 13.8. The van der Waals surface area contributed by atoms with Crippen molar-refractivity contribution in [2.75, 3.05) is 12.0 Å². The van der Waals surface area contributed by atoms with Crippen LogP contribution in [0.5, 0.6) is 0 Å². The molecule has 40 heavy (non-hydrogen) atoms. The fourth-order valence-corrected chi connectivity index (χ4v) is 4.75. The van der Waals surface area contributed by atoms with Crippen molar-refractivity contribution in [3.05, 3.63) is 113 Å². The van der Waals surface area contributed by atoms with Gasteiger partial charge in [0.05, 0.1) is 13.7 Å². The van der Waals surface area contributed by atoms with Gasteiger partial charge >= 0.3 is 11.9 Å². The zero-order valence-electron chi connectivity index (χ0n) is 22.8. The number of methoxy groups -OCH3 is 1. The fourth-order valence-electron chi connectivity index (χ4n) is 4.75. The molecule has 1 aliphatic rings. The Morgan fingerprint density at radius 2 is 1.48 bits per heavy atom. The van der Waals surface area contributed by atoms with Crippen molar-refractivity contribution < 1.29 is 23.9 Å². The van der Waals surface area contributed by atoms with E-state index in [2.05, 4.69) is 0 Å². The molecule has 0 aliphatic heterocycles. The van der Waals surface area contributed by atoms with Crippen LogP contribution in [0.4, 0.5) is 5.69 Å². The Morgan fingerprint density at radius 1 is 0.775 bits per heavy atom. The first-order valence-electron chi connectivity index (χ1n) is 13.7. The number of nitrogens with zero attached hydrogens (tertiary/aromatic N) is 1. The van der Waals surface area contributed by atoms with Crippen molar-refractivity contribution in [2.24, 2.45) is 5.92 Å². The highest BCUT2D eigenvalue weighted by Gasteiger charge is 2.27. The molecule has 1 aliphatic carbocycles. The molecular weight excluding hydrogens is 502 g/mol. The van der Waals surface area contributed by atoms with Crippen LogP contribution in [0.25, 0.3) is 12.2 Å². The van der Waals surface area contributed by atoms with Gasteiger partial charge in [-0.15, -0.1) is 0 Å². The average molecular weight is 538 g/mol. The van der Waals surface area contributed by atoms with E-state index in [1.165, 1.54) is 25.7 Å². The lowest BCUT2D eigenvalue weighted by Gasteiger charge is -2.30. The molecule has 0 heterocycles. The Bertz CT molecular complexity index is 1340. The zero-order valence-corrected chi connectivity index (χ0v) is 22.8. The van der Waals surface area contributed by atoms with Gasteiger partial charge < -0.3 is 14.4 Å². The minimum Gasteiger partial charge on any atom is -0.466 e. The standard InChI is InChI=1S/C34H35NO5/c1-39-32(36)21-20-27-11-8-14-31(23-27)35(34(38)30-12-6-3-7-13-30)24-28-17-15-26(16-18-28)19-22-33(37)40-25-29-9-4-2-5-10-29/h2,4-5,8-11,14-23,30H,3,6-7,12-13,24-25H2,1H3/b21-20+,22-19+. The zero-order chi connectivity index (χ0) is 28.2. The molecular formula is C34H35NO5. The summed E-state index contributed by atoms with van der Waals surface area (Å²) in [5, 5.41) is 0. The number of carbonyl (C=O) groups is 3. The van der Waals surface area contributed by atoms with Gasteiger partial charge in [0, 0.05) is 23.8 Å². The van der Waals surface area contributed by atoms with E-state index in [0.29, 0.717) is 6.54 Å². The van der Waals surface area contributed by atoms with Crippen molar-refractivity contribution in [1.29, 1.82) is 0 Å². The fraction of sp³-hybridized carbons (Fsp3) is 0.265. The second-order valence-electron chi connectivity index (χ2n) is 9.88. The first-order valence-corrected chi connectivity index (χ1v) is 13.7. The predicted molar refractivity (Wildman–Crippen MR) is 157 cm³/mol. The number of anilines is 1. The van der Waals surface area contributed by atoms with Gasteiger partial charge in [-0.1, -0.05) is 86.0 Å². The van der Waals surface area contributed by atoms with Crippen LogP contribution in [0.15, 0.2) is 91.0 Å². The maximum atomic E-state index is 13.7. The van der Waals surface area contributed by atoms with Gasteiger partial charge in [-0.2, -0.15) is 0 Å². The van der Waals surface area contributed by atoms with Crippen LogP contribution in [0, 0.1) is 5.92 Å². The predicted octanol–water partition coefficient (Wildman–Crippen LogP) is 6.74. The van der Waals surface area contributed by atoms with Crippen molar-refractivity contribution in [3.63, 3.8) is 0 Å². The molecule has 0 N–H and O–H groups in total. The molecule has 3 aromatic rings. The molecule has 0 atom stereocenters. The maximum Gasteiger partial charge on any atom is 0.331 e. The smallest absolute Gasteiger partial charge is 0.331 e. The largest absolute Gasteiger partial charge is 0.466 e. The van der Waals surface area contributed by atoms with Crippen molar-refractivity contribution in [1.82, 2.24) is 0 Å². The van der Waals surface area contributed by atoms with E-state index in [4.69, 9.17) is 9.47 Å². The molecule has 1 saturated carbocycles. The molecule has 206 valence electrons. The van der Waals surface area contributed by atoms with Crippen molar-refractivity contribution >= 4 is 35.7 Å². The second-order valence-corrected chi connectivity index (χ2v) is 9.88. The van der Waals surface area contributed by atoms with Crippen LogP contribution in [0.1, 0.15) is 54.4 Å². The quantitative estimate of drug-likeness (QED) is 0.211. The SMILES string of the molecule is COC(=O)/C=C/c1cccc(N(Cc2ccc(/C=C/C(=O)OCc3ccccc3)cc2)C(=O)C2CCCCC2)c1. The van der Waals surface area contributed by atoms with Crippen LogP contribution in [-0.4, -0.2) is 25.0 Å². The van der Waals surface area contributed by atoms with Gasteiger partial charge in [-0.25, -0.2) is 9.59 Å². The van der Waals surface area contributed by atoms with Gasteiger partial charge in [0.15, 0.2) is 0 Å². The van der Waals surface area contributed by atoms with Gasteiger partial charge in [-0.3, -0.25) is 4.79 Å². The lowest BCUT2D eigenvalue weighted by atomic mass is 9.88. The Labute approximate surface area is 235 Å². The molecule has 1 fully saturated rings. The molecule has 0 radical (unpaired) electrons. The third-order valence-corrected chi connectivity index (χ3v) is 6.97. The Hall–Kier alpha value is -4.45. The monoisotopic (exact) mass is 537 g/mol. The van der Waals surface area contributed by atoms with Gasteiger partial charge in [-0.05, 0) is 59.4 Å². The first kappa shape index (κ1) is 28.6. The van der Waals surface area contributed by atoms with Crippen LogP contribution < -0.4 is 4.90 Å². The molecule has 0 aromatic heterocycles. The summed E-state index contributed by atoms with van der Waals surface area (Å²) in [4.78, 5) is 39.2. The molecule has 0 spiro atoms. The first-order chi connectivity index (χ1) is 19.5. The molecule has 6 heteroatoms. The summed E-state index contributed by atoms with van der Waals surface area (Å²) in [7, 11) is 1.34. The Kier molecular flexibility index (Phi) is 10.4. The summed E-state index contributed by atoms with van der Waals surface area (Å²) in [6, 6.07) is 25.0. The molecule has 0 bridgehead atoms. The highest BCUT2D eigenvalue weighted by atomic mass is 16.5. The number of amides is 1. The van der Waals surface area contributed by atoms with Gasteiger partial charge in [0.25, 0.3) is 0 Å². The summed E-state index contributed by atoms with van der Waals surface area (Å²) in [6.45, 7) is 0.649. The molecule has 4 rings (SSSR count). The van der Waals surface area contributed by atoms with Crippen LogP contribution in [0.3, 0.4) is 0 Å². The second kappa shape index (κ2) is 14.6. The molecule has 0 unspecified atom stereocenters. The van der Waals surface area contributed by atoms with Crippen molar-refractivity contribution in [3.8, 4) is 0 Å². The molecule has 6 nitrogen and oxygen atoms in total. The summed E-state index contributed by atoms with van der Waals surface area (Å²) >= 11 is 0. The third-order valence-electron chi connectivity index (χ3n) is 6.97. The number of hydrogen-bond donors (Lipinski definition) is 0. The highest BCUT2D eigenvalue weighted by molar-refractivity contribution is 5.95. The van der Waals surface area contributed by atoms with Gasteiger partial charge in [0.1, 0.15) is 6.61 Å². The number of hydrogen-bond acceptors (Lipinski definition) is 5. The Morgan fingerprint density at radius 3 is 2.20 bits per heavy atom. The highest BCUT2D eigenvalue weighted by Crippen LogP contribution is 2.29. The number of carbonyl (C=O) groups excluding carboxylic acids is 3. The minimum absolute atomic E-state index is 0.00659. The van der Waals surface area contributed by atoms with Crippen LogP contribution in [-0.2, 0) is 37.0 Å². The van der Waals surface area contributed by atoms with E-state index in [-0.39, 0.29) is 18.4 Å². The lowest BCUT2D eigenvalue weighted by Crippen LogP contribution is -2.36. The molecule has 3 aromatic carbocycles. The summed E-state index contributed by atoms with van der Waals surface area (Å²) in [6.07, 6.45) is 11.3. The summed E-state index contributed by atoms with van der Waals surface area (Å²) in [5.74, 6) is -0.705. The molecule has 1 amide bonds. The van der Waals surface area contributed by atoms with Crippen LogP contribution >= 0.6 is 0 Å². The van der Waals surface area contributed by atoms with E-state index in [1.807, 2.05) is 83.8 Å². The number of esters is 2. The number of benzene rings is 3. The van der Waals surface area contributed by atoms with E-state index in [0.717, 1.165) is 53.6 Å². The summed E-state index contributed by atoms with van der Waals surface area (Å²) < 4.78 is 10.0. The molecule has 0 saturated heterocycles. The van der Waals surface area contributed by atoms with Crippen molar-refractivity contribution in [2.45, 2.75) is 45.3 Å². The van der Waals surface area contributed by atoms with E-state index >= 15 is 0 Å². The van der Waals surface area contributed by atoms with Gasteiger partial charge in [0.2, 0.25) is 5.91 Å². The average Bonchev–Trinajstić information content (AvgIpc) is 3.01. The number of rotatable bonds is 10. The summed E-state index contributed by atoms with van der Waals surface area (Å²) in [5.41, 5.74) is 4.37. The number of ether oxygens (including phenoxy) is 2. The van der Waals surface area contributed by atoms with E-state index in [9.17, 15) is 14.4 Å². The lowest BCUT2D eigenvalue weighted by molar-refractivity contribution is -0.139. The topological polar surface area (TPSA) is 72.9 Å².